The van der Waals surface area contributed by atoms with E-state index in [0.29, 0.717) is 5.92 Å². The number of aromatic nitrogens is 4. The van der Waals surface area contributed by atoms with Gasteiger partial charge in [-0.05, 0) is 23.6 Å². The molecule has 0 bridgehead atoms. The molecule has 3 heterocycles. The first-order valence-electron chi connectivity index (χ1n) is 10.2. The number of imidazole rings is 1. The molecule has 1 aliphatic heterocycles. The number of fused-ring (bicyclic) bond motifs is 1. The van der Waals surface area contributed by atoms with Gasteiger partial charge in [-0.2, -0.15) is 4.98 Å². The average Bonchev–Trinajstić information content (AvgIpc) is 3.23. The summed E-state index contributed by atoms with van der Waals surface area (Å²) >= 11 is 1.17. The number of hydrogen-bond donors (Lipinski definition) is 6. The van der Waals surface area contributed by atoms with Crippen LogP contribution in [0.4, 0.5) is 5.95 Å². The van der Waals surface area contributed by atoms with Crippen molar-refractivity contribution in [1.82, 2.24) is 19.5 Å². The monoisotopic (exact) mass is 513 g/mol. The molecule has 2 aromatic heterocycles. The molecule has 1 aromatic carbocycles. The fourth-order valence-corrected chi connectivity index (χ4v) is 4.81. The number of hydrogen-bond acceptors (Lipinski definition) is 10. The maximum atomic E-state index is 12.5. The van der Waals surface area contributed by atoms with Crippen LogP contribution in [0.3, 0.4) is 0 Å². The number of aromatic amines is 1. The number of H-pyrrole nitrogens is 1. The number of rotatable bonds is 7. The van der Waals surface area contributed by atoms with Gasteiger partial charge in [0.15, 0.2) is 22.5 Å². The summed E-state index contributed by atoms with van der Waals surface area (Å²) in [6, 6.07) is 7.69. The molecule has 1 saturated heterocycles. The van der Waals surface area contributed by atoms with Crippen LogP contribution in [0.15, 0.2) is 39.1 Å². The summed E-state index contributed by atoms with van der Waals surface area (Å²) in [6.45, 7) is 3.46. The van der Waals surface area contributed by atoms with Crippen LogP contribution in [0.25, 0.3) is 11.2 Å². The van der Waals surface area contributed by atoms with Gasteiger partial charge in [-0.3, -0.25) is 18.9 Å². The Bertz CT molecular complexity index is 1290. The summed E-state index contributed by atoms with van der Waals surface area (Å²) in [7, 11) is -4.83. The molecular formula is C19H24N5O8PS. The van der Waals surface area contributed by atoms with E-state index < -0.39 is 44.5 Å². The Labute approximate surface area is 197 Å². The van der Waals surface area contributed by atoms with Crippen LogP contribution < -0.4 is 11.3 Å². The molecule has 0 amide bonds. The topological polar surface area (TPSA) is 206 Å². The minimum absolute atomic E-state index is 0.00959. The zero-order valence-corrected chi connectivity index (χ0v) is 19.8. The summed E-state index contributed by atoms with van der Waals surface area (Å²) in [5, 5.41) is 21.3. The molecule has 0 radical (unpaired) electrons. The Balaban J connectivity index is 1.74. The molecule has 15 heteroatoms. The van der Waals surface area contributed by atoms with Gasteiger partial charge in [0.2, 0.25) is 5.95 Å². The van der Waals surface area contributed by atoms with E-state index in [9.17, 15) is 19.6 Å². The van der Waals surface area contributed by atoms with Gasteiger partial charge >= 0.3 is 7.82 Å². The molecule has 0 saturated carbocycles. The minimum Gasteiger partial charge on any atom is -0.387 e. The predicted molar refractivity (Wildman–Crippen MR) is 121 cm³/mol. The fourth-order valence-electron chi connectivity index (χ4n) is 3.56. The Morgan fingerprint density at radius 3 is 2.53 bits per heavy atom. The van der Waals surface area contributed by atoms with E-state index in [2.05, 4.69) is 33.3 Å². The highest BCUT2D eigenvalue weighted by atomic mass is 32.2. The van der Waals surface area contributed by atoms with Crippen molar-refractivity contribution >= 4 is 36.7 Å². The van der Waals surface area contributed by atoms with E-state index in [0.717, 1.165) is 10.5 Å². The van der Waals surface area contributed by atoms with E-state index in [1.54, 1.807) is 0 Å². The average molecular weight is 513 g/mol. The quantitative estimate of drug-likeness (QED) is 0.242. The van der Waals surface area contributed by atoms with Gasteiger partial charge in [-0.25, -0.2) is 9.55 Å². The zero-order chi connectivity index (χ0) is 24.8. The molecule has 1 fully saturated rings. The number of nitrogen functional groups attached to an aromatic ring is 1. The van der Waals surface area contributed by atoms with Crippen molar-refractivity contribution in [1.29, 1.82) is 0 Å². The summed E-state index contributed by atoms with van der Waals surface area (Å²) in [5.74, 6) is 0.149. The Kier molecular flexibility index (Phi) is 6.86. The van der Waals surface area contributed by atoms with Crippen LogP contribution in [0, 0.1) is 0 Å². The van der Waals surface area contributed by atoms with Crippen LogP contribution in [-0.4, -0.2) is 64.4 Å². The molecule has 4 rings (SSSR count). The van der Waals surface area contributed by atoms with Crippen molar-refractivity contribution in [3.8, 4) is 0 Å². The first-order valence-corrected chi connectivity index (χ1v) is 12.6. The second-order valence-corrected chi connectivity index (χ2v) is 10.3. The molecule has 7 N–H and O–H groups in total. The van der Waals surface area contributed by atoms with E-state index in [1.165, 1.54) is 16.3 Å². The highest BCUT2D eigenvalue weighted by Crippen LogP contribution is 2.40. The molecule has 1 aliphatic rings. The van der Waals surface area contributed by atoms with Crippen LogP contribution in [0.1, 0.15) is 31.6 Å². The number of aliphatic hydroxyl groups is 2. The zero-order valence-electron chi connectivity index (χ0n) is 18.1. The van der Waals surface area contributed by atoms with E-state index in [4.69, 9.17) is 20.3 Å². The van der Waals surface area contributed by atoms with Gasteiger partial charge in [0.05, 0.1) is 6.61 Å². The molecular weight excluding hydrogens is 489 g/mol. The molecule has 13 nitrogen and oxygen atoms in total. The molecule has 3 aromatic rings. The molecule has 4 atom stereocenters. The predicted octanol–water partition coefficient (Wildman–Crippen LogP) is 0.705. The number of ether oxygens (including phenoxy) is 1. The lowest BCUT2D eigenvalue weighted by molar-refractivity contribution is -0.0541. The number of nitrogens with zero attached hydrogens (tertiary/aromatic N) is 3. The lowest BCUT2D eigenvalue weighted by atomic mass is 10.0. The summed E-state index contributed by atoms with van der Waals surface area (Å²) < 4.78 is 22.5. The first kappa shape index (κ1) is 24.8. The van der Waals surface area contributed by atoms with Crippen molar-refractivity contribution in [3.05, 3.63) is 40.2 Å². The largest absolute Gasteiger partial charge is 0.469 e. The molecule has 184 valence electrons. The second kappa shape index (κ2) is 9.40. The summed E-state index contributed by atoms with van der Waals surface area (Å²) in [6.07, 6.45) is -5.66. The van der Waals surface area contributed by atoms with E-state index in [-0.39, 0.29) is 22.3 Å². The number of phosphoric acid groups is 1. The third kappa shape index (κ3) is 5.04. The first-order chi connectivity index (χ1) is 15.9. The van der Waals surface area contributed by atoms with Crippen molar-refractivity contribution in [2.45, 2.75) is 54.4 Å². The van der Waals surface area contributed by atoms with Gasteiger partial charge in [-0.15, -0.1) is 0 Å². The summed E-state index contributed by atoms with van der Waals surface area (Å²) in [4.78, 5) is 42.0. The standard InChI is InChI=1S/C19H24N5O8PS/c1-8(2)9-3-5-10(6-4-9)34-19-21-12-15(22-18(20)23-16(12)27)24(19)17-14(26)13(25)11(32-17)7-31-33(28,29)30/h3-6,8,11,13-14,17,25-26H,7H2,1-2H3,(H2,28,29,30)(H3,20,22,23,27)/t11-,13-,14-,17-/m1/s1. The van der Waals surface area contributed by atoms with Gasteiger partial charge in [0, 0.05) is 4.90 Å². The highest BCUT2D eigenvalue weighted by Gasteiger charge is 2.46. The number of benzene rings is 1. The molecule has 0 spiro atoms. The fraction of sp³-hybridized carbons (Fsp3) is 0.421. The molecule has 0 aliphatic carbocycles. The van der Waals surface area contributed by atoms with Crippen molar-refractivity contribution < 1.29 is 33.8 Å². The van der Waals surface area contributed by atoms with E-state index in [1.807, 2.05) is 24.3 Å². The number of anilines is 1. The van der Waals surface area contributed by atoms with Crippen molar-refractivity contribution in [2.75, 3.05) is 12.3 Å². The minimum atomic E-state index is -4.83. The third-order valence-electron chi connectivity index (χ3n) is 5.29. The van der Waals surface area contributed by atoms with Gasteiger partial charge in [0.1, 0.15) is 18.3 Å². The van der Waals surface area contributed by atoms with Gasteiger partial charge in [0.25, 0.3) is 5.56 Å². The van der Waals surface area contributed by atoms with Crippen LogP contribution in [0.5, 0.6) is 0 Å². The summed E-state index contributed by atoms with van der Waals surface area (Å²) in [5.41, 5.74) is 6.19. The third-order valence-corrected chi connectivity index (χ3v) is 6.75. The van der Waals surface area contributed by atoms with Crippen molar-refractivity contribution in [2.24, 2.45) is 0 Å². The number of nitrogens with one attached hydrogen (secondary N) is 1. The number of phosphoric ester groups is 1. The van der Waals surface area contributed by atoms with Gasteiger partial charge < -0.3 is 30.5 Å². The molecule has 0 unspecified atom stereocenters. The normalized spacial score (nSPS) is 23.3. The van der Waals surface area contributed by atoms with Crippen molar-refractivity contribution in [3.63, 3.8) is 0 Å². The number of nitrogens with two attached hydrogens (primary N) is 1. The Hall–Kier alpha value is -2.29. The Morgan fingerprint density at radius 2 is 1.91 bits per heavy atom. The second-order valence-electron chi connectivity index (χ2n) is 8.05. The maximum Gasteiger partial charge on any atom is 0.469 e. The maximum absolute atomic E-state index is 12.5. The van der Waals surface area contributed by atoms with Crippen LogP contribution in [0.2, 0.25) is 0 Å². The van der Waals surface area contributed by atoms with E-state index >= 15 is 0 Å². The smallest absolute Gasteiger partial charge is 0.387 e. The lowest BCUT2D eigenvalue weighted by Gasteiger charge is -2.19. The van der Waals surface area contributed by atoms with Crippen LogP contribution >= 0.6 is 19.6 Å². The SMILES string of the molecule is CC(C)c1ccc(Sc2nc3c(=O)[nH]c(N)nc3n2[C@@H]2O[C@H](COP(=O)(O)O)[C@@H](O)[C@H]2O)cc1. The van der Waals surface area contributed by atoms with Crippen LogP contribution in [-0.2, 0) is 13.8 Å². The lowest BCUT2D eigenvalue weighted by Crippen LogP contribution is -2.33. The highest BCUT2D eigenvalue weighted by molar-refractivity contribution is 7.99. The van der Waals surface area contributed by atoms with Gasteiger partial charge in [-0.1, -0.05) is 37.7 Å². The molecule has 34 heavy (non-hydrogen) atoms. The number of aliphatic hydroxyl groups excluding tert-OH is 2. The Morgan fingerprint density at radius 1 is 1.24 bits per heavy atom.